The van der Waals surface area contributed by atoms with Crippen LogP contribution in [0.4, 0.5) is 5.82 Å². The Morgan fingerprint density at radius 3 is 2.81 bits per heavy atom. The minimum Gasteiger partial charge on any atom is -0.464 e. The fraction of sp³-hybridized carbons (Fsp3) is 0.250. The van der Waals surface area contributed by atoms with Crippen LogP contribution in [-0.4, -0.2) is 12.0 Å². The number of aryl methyl sites for hydroxylation is 1. The summed E-state index contributed by atoms with van der Waals surface area (Å²) in [6.07, 6.45) is 1.78. The summed E-state index contributed by atoms with van der Waals surface area (Å²) in [6, 6.07) is 7.84. The standard InChI is InChI=1S/C12H13BrN2O/c1-9-5-6-10(16-9)8-15(2)12-11(13)4-3-7-14-12/h3-7H,8H2,1-2H3. The molecule has 0 N–H and O–H groups in total. The van der Waals surface area contributed by atoms with Crippen LogP contribution in [0.3, 0.4) is 0 Å². The van der Waals surface area contributed by atoms with Gasteiger partial charge in [0.1, 0.15) is 17.3 Å². The second-order valence-electron chi connectivity index (χ2n) is 3.68. The second-order valence-corrected chi connectivity index (χ2v) is 4.53. The largest absolute Gasteiger partial charge is 0.464 e. The van der Waals surface area contributed by atoms with Gasteiger partial charge in [-0.05, 0) is 47.1 Å². The van der Waals surface area contributed by atoms with Crippen molar-refractivity contribution >= 4 is 21.7 Å². The molecular formula is C12H13BrN2O. The number of pyridine rings is 1. The molecule has 84 valence electrons. The summed E-state index contributed by atoms with van der Waals surface area (Å²) in [5, 5.41) is 0. The molecule has 0 radical (unpaired) electrons. The van der Waals surface area contributed by atoms with Gasteiger partial charge < -0.3 is 9.32 Å². The number of hydrogen-bond donors (Lipinski definition) is 0. The average molecular weight is 281 g/mol. The third kappa shape index (κ3) is 2.44. The van der Waals surface area contributed by atoms with Crippen LogP contribution in [-0.2, 0) is 6.54 Å². The molecule has 0 spiro atoms. The van der Waals surface area contributed by atoms with Gasteiger partial charge in [0, 0.05) is 13.2 Å². The summed E-state index contributed by atoms with van der Waals surface area (Å²) in [5.74, 6) is 2.79. The molecule has 0 aliphatic carbocycles. The topological polar surface area (TPSA) is 29.3 Å². The molecule has 4 heteroatoms. The Hall–Kier alpha value is -1.29. The first-order valence-electron chi connectivity index (χ1n) is 5.04. The Labute approximate surface area is 103 Å². The lowest BCUT2D eigenvalue weighted by Crippen LogP contribution is -2.17. The Balaban J connectivity index is 2.14. The highest BCUT2D eigenvalue weighted by atomic mass is 79.9. The second kappa shape index (κ2) is 4.70. The van der Waals surface area contributed by atoms with E-state index in [9.17, 15) is 0 Å². The van der Waals surface area contributed by atoms with Gasteiger partial charge in [0.05, 0.1) is 11.0 Å². The first-order chi connectivity index (χ1) is 7.66. The van der Waals surface area contributed by atoms with E-state index < -0.39 is 0 Å². The van der Waals surface area contributed by atoms with Gasteiger partial charge in [-0.2, -0.15) is 0 Å². The Morgan fingerprint density at radius 2 is 2.19 bits per heavy atom. The molecule has 0 bridgehead atoms. The van der Waals surface area contributed by atoms with Crippen molar-refractivity contribution in [1.29, 1.82) is 0 Å². The summed E-state index contributed by atoms with van der Waals surface area (Å²) in [4.78, 5) is 6.36. The molecule has 0 saturated carbocycles. The fourth-order valence-corrected chi connectivity index (χ4v) is 2.09. The molecule has 0 atom stereocenters. The maximum absolute atomic E-state index is 5.53. The van der Waals surface area contributed by atoms with Gasteiger partial charge >= 0.3 is 0 Å². The maximum Gasteiger partial charge on any atom is 0.143 e. The zero-order chi connectivity index (χ0) is 11.5. The Kier molecular flexibility index (Phi) is 3.29. The zero-order valence-corrected chi connectivity index (χ0v) is 10.9. The van der Waals surface area contributed by atoms with Crippen LogP contribution in [0.1, 0.15) is 11.5 Å². The van der Waals surface area contributed by atoms with Crippen molar-refractivity contribution in [2.45, 2.75) is 13.5 Å². The van der Waals surface area contributed by atoms with Crippen LogP contribution >= 0.6 is 15.9 Å². The summed E-state index contributed by atoms with van der Waals surface area (Å²) in [7, 11) is 1.99. The number of rotatable bonds is 3. The van der Waals surface area contributed by atoms with Crippen LogP contribution in [0.25, 0.3) is 0 Å². The summed E-state index contributed by atoms with van der Waals surface area (Å²) < 4.78 is 6.52. The minimum atomic E-state index is 0.712. The lowest BCUT2D eigenvalue weighted by atomic mass is 10.4. The monoisotopic (exact) mass is 280 g/mol. The Bertz CT molecular complexity index is 481. The van der Waals surface area contributed by atoms with Gasteiger partial charge in [-0.1, -0.05) is 0 Å². The number of hydrogen-bond acceptors (Lipinski definition) is 3. The highest BCUT2D eigenvalue weighted by Crippen LogP contribution is 2.23. The molecular weight excluding hydrogens is 268 g/mol. The van der Waals surface area contributed by atoms with Crippen molar-refractivity contribution in [3.63, 3.8) is 0 Å². The van der Waals surface area contributed by atoms with E-state index in [4.69, 9.17) is 4.42 Å². The number of halogens is 1. The SMILES string of the molecule is Cc1ccc(CN(C)c2ncccc2Br)o1. The van der Waals surface area contributed by atoms with Gasteiger partial charge in [0.15, 0.2) is 0 Å². The molecule has 2 aromatic heterocycles. The molecule has 2 heterocycles. The van der Waals surface area contributed by atoms with E-state index in [0.29, 0.717) is 6.54 Å². The van der Waals surface area contributed by atoms with Gasteiger partial charge in [-0.3, -0.25) is 0 Å². The molecule has 0 saturated heterocycles. The predicted octanol–water partition coefficient (Wildman–Crippen LogP) is 3.38. The molecule has 0 aliphatic rings. The van der Waals surface area contributed by atoms with Gasteiger partial charge in [0.2, 0.25) is 0 Å². The minimum absolute atomic E-state index is 0.712. The number of aromatic nitrogens is 1. The van der Waals surface area contributed by atoms with E-state index in [0.717, 1.165) is 21.8 Å². The van der Waals surface area contributed by atoms with Crippen LogP contribution < -0.4 is 4.90 Å². The normalized spacial score (nSPS) is 10.4. The number of furan rings is 1. The number of anilines is 1. The maximum atomic E-state index is 5.53. The third-order valence-corrected chi connectivity index (χ3v) is 2.91. The summed E-state index contributed by atoms with van der Waals surface area (Å²) >= 11 is 3.48. The molecule has 0 unspecified atom stereocenters. The summed E-state index contributed by atoms with van der Waals surface area (Å²) in [5.41, 5.74) is 0. The Morgan fingerprint density at radius 1 is 1.38 bits per heavy atom. The van der Waals surface area contributed by atoms with Gasteiger partial charge in [-0.15, -0.1) is 0 Å². The first-order valence-corrected chi connectivity index (χ1v) is 5.83. The average Bonchev–Trinajstić information content (AvgIpc) is 2.64. The molecule has 2 aromatic rings. The van der Waals surface area contributed by atoms with Crippen molar-refractivity contribution in [3.8, 4) is 0 Å². The van der Waals surface area contributed by atoms with E-state index in [1.54, 1.807) is 6.20 Å². The quantitative estimate of drug-likeness (QED) is 0.863. The highest BCUT2D eigenvalue weighted by molar-refractivity contribution is 9.10. The van der Waals surface area contributed by atoms with Gasteiger partial charge in [0.25, 0.3) is 0 Å². The molecule has 0 aliphatic heterocycles. The van der Waals surface area contributed by atoms with E-state index in [2.05, 4.69) is 20.9 Å². The fourth-order valence-electron chi connectivity index (χ4n) is 1.54. The van der Waals surface area contributed by atoms with Crippen LogP contribution in [0.2, 0.25) is 0 Å². The van der Waals surface area contributed by atoms with Gasteiger partial charge in [-0.25, -0.2) is 4.98 Å². The molecule has 0 amide bonds. The summed E-state index contributed by atoms with van der Waals surface area (Å²) in [6.45, 7) is 2.66. The van der Waals surface area contributed by atoms with Crippen LogP contribution in [0.5, 0.6) is 0 Å². The van der Waals surface area contributed by atoms with Crippen LogP contribution in [0.15, 0.2) is 39.4 Å². The molecule has 2 rings (SSSR count). The lowest BCUT2D eigenvalue weighted by molar-refractivity contribution is 0.481. The predicted molar refractivity (Wildman–Crippen MR) is 67.5 cm³/mol. The molecule has 16 heavy (non-hydrogen) atoms. The van der Waals surface area contributed by atoms with E-state index >= 15 is 0 Å². The highest BCUT2D eigenvalue weighted by Gasteiger charge is 2.08. The smallest absolute Gasteiger partial charge is 0.143 e. The van der Waals surface area contributed by atoms with Crippen molar-refractivity contribution in [2.75, 3.05) is 11.9 Å². The van der Waals surface area contributed by atoms with Crippen molar-refractivity contribution in [2.24, 2.45) is 0 Å². The zero-order valence-electron chi connectivity index (χ0n) is 9.27. The van der Waals surface area contributed by atoms with E-state index in [1.165, 1.54) is 0 Å². The molecule has 0 aromatic carbocycles. The van der Waals surface area contributed by atoms with Crippen molar-refractivity contribution in [1.82, 2.24) is 4.98 Å². The van der Waals surface area contributed by atoms with Crippen molar-refractivity contribution in [3.05, 3.63) is 46.5 Å². The molecule has 3 nitrogen and oxygen atoms in total. The first kappa shape index (κ1) is 11.2. The third-order valence-electron chi connectivity index (χ3n) is 2.29. The number of nitrogens with zero attached hydrogens (tertiary/aromatic N) is 2. The van der Waals surface area contributed by atoms with Crippen LogP contribution in [0, 0.1) is 6.92 Å². The van der Waals surface area contributed by atoms with Crippen molar-refractivity contribution < 1.29 is 4.42 Å². The van der Waals surface area contributed by atoms with E-state index in [1.807, 2.05) is 43.1 Å². The molecule has 0 fully saturated rings. The van der Waals surface area contributed by atoms with E-state index in [-0.39, 0.29) is 0 Å². The lowest BCUT2D eigenvalue weighted by Gasteiger charge is -2.17.